The van der Waals surface area contributed by atoms with Gasteiger partial charge in [-0.2, -0.15) is 0 Å². The Bertz CT molecular complexity index is 741. The summed E-state index contributed by atoms with van der Waals surface area (Å²) in [7, 11) is 0. The normalized spacial score (nSPS) is 10.7. The minimum absolute atomic E-state index is 0.0239. The summed E-state index contributed by atoms with van der Waals surface area (Å²) in [5, 5.41) is 21.4. The minimum atomic E-state index is -0.510. The van der Waals surface area contributed by atoms with Crippen molar-refractivity contribution in [1.29, 1.82) is 0 Å². The van der Waals surface area contributed by atoms with E-state index in [0.717, 1.165) is 0 Å². The summed E-state index contributed by atoms with van der Waals surface area (Å²) in [6.07, 6.45) is 3.20. The Balaban J connectivity index is 2.33. The van der Waals surface area contributed by atoms with Gasteiger partial charge in [-0.05, 0) is 11.6 Å². The fourth-order valence-corrected chi connectivity index (χ4v) is 1.75. The highest BCUT2D eigenvalue weighted by Crippen LogP contribution is 2.22. The molecule has 0 aliphatic rings. The average Bonchev–Trinajstić information content (AvgIpc) is 2.46. The Morgan fingerprint density at radius 1 is 0.905 bits per heavy atom. The highest BCUT2D eigenvalue weighted by molar-refractivity contribution is 5.77. The first-order chi connectivity index (χ1) is 9.97. The van der Waals surface area contributed by atoms with Gasteiger partial charge < -0.3 is 5.73 Å². The molecule has 2 aromatic rings. The lowest BCUT2D eigenvalue weighted by Crippen LogP contribution is -1.93. The van der Waals surface area contributed by atoms with Crippen LogP contribution in [0.5, 0.6) is 0 Å². The first kappa shape index (κ1) is 14.2. The molecule has 2 N–H and O–H groups in total. The topological polar surface area (TPSA) is 112 Å². The Morgan fingerprint density at radius 3 is 2.24 bits per heavy atom. The zero-order chi connectivity index (χ0) is 15.4. The van der Waals surface area contributed by atoms with Gasteiger partial charge in [0.25, 0.3) is 11.4 Å². The molecule has 0 heterocycles. The van der Waals surface area contributed by atoms with E-state index in [9.17, 15) is 20.2 Å². The number of rotatable bonds is 4. The lowest BCUT2D eigenvalue weighted by Gasteiger charge is -2.00. The summed E-state index contributed by atoms with van der Waals surface area (Å²) in [5.74, 6) is 0. The zero-order valence-corrected chi connectivity index (χ0v) is 10.8. The standard InChI is InChI=1S/C14H11N3O4/c15-14-7-6-13(17(20)21)9-11(14)5-4-10-2-1-3-12(8-10)16(18)19/h1-9H,15H2/b5-4-. The number of nitro groups is 2. The third kappa shape index (κ3) is 3.41. The highest BCUT2D eigenvalue weighted by Gasteiger charge is 2.07. The molecule has 2 rings (SSSR count). The van der Waals surface area contributed by atoms with Crippen LogP contribution in [0.15, 0.2) is 42.5 Å². The average molecular weight is 285 g/mol. The van der Waals surface area contributed by atoms with Crippen molar-refractivity contribution in [3.05, 3.63) is 73.8 Å². The molecule has 0 atom stereocenters. The fraction of sp³-hybridized carbons (Fsp3) is 0. The minimum Gasteiger partial charge on any atom is -0.398 e. The fourth-order valence-electron chi connectivity index (χ4n) is 1.75. The van der Waals surface area contributed by atoms with Crippen molar-refractivity contribution in [1.82, 2.24) is 0 Å². The second kappa shape index (κ2) is 5.83. The maximum atomic E-state index is 10.7. The predicted octanol–water partition coefficient (Wildman–Crippen LogP) is 3.26. The van der Waals surface area contributed by atoms with Crippen LogP contribution >= 0.6 is 0 Å². The van der Waals surface area contributed by atoms with Crippen molar-refractivity contribution in [2.75, 3.05) is 5.73 Å². The molecule has 0 amide bonds. The summed E-state index contributed by atoms with van der Waals surface area (Å²) in [4.78, 5) is 20.4. The van der Waals surface area contributed by atoms with Crippen LogP contribution in [0, 0.1) is 20.2 Å². The second-order valence-electron chi connectivity index (χ2n) is 4.26. The van der Waals surface area contributed by atoms with Gasteiger partial charge in [-0.25, -0.2) is 0 Å². The second-order valence-corrected chi connectivity index (χ2v) is 4.26. The molecule has 0 unspecified atom stereocenters. The van der Waals surface area contributed by atoms with E-state index in [-0.39, 0.29) is 11.4 Å². The van der Waals surface area contributed by atoms with E-state index in [1.54, 1.807) is 24.3 Å². The molecule has 7 nitrogen and oxygen atoms in total. The van der Waals surface area contributed by atoms with Gasteiger partial charge in [0.1, 0.15) is 0 Å². The molecule has 0 fully saturated rings. The van der Waals surface area contributed by atoms with E-state index in [2.05, 4.69) is 0 Å². The number of hydrogen-bond donors (Lipinski definition) is 1. The lowest BCUT2D eigenvalue weighted by molar-refractivity contribution is -0.385. The number of hydrogen-bond acceptors (Lipinski definition) is 5. The molecule has 106 valence electrons. The van der Waals surface area contributed by atoms with Crippen molar-refractivity contribution in [3.63, 3.8) is 0 Å². The number of nitrogens with zero attached hydrogens (tertiary/aromatic N) is 2. The molecule has 0 saturated heterocycles. The first-order valence-electron chi connectivity index (χ1n) is 5.94. The number of anilines is 1. The summed E-state index contributed by atoms with van der Waals surface area (Å²) in [6.45, 7) is 0. The van der Waals surface area contributed by atoms with Crippen LogP contribution in [0.1, 0.15) is 11.1 Å². The van der Waals surface area contributed by atoms with Gasteiger partial charge in [-0.1, -0.05) is 24.3 Å². The smallest absolute Gasteiger partial charge is 0.270 e. The number of nitrogen functional groups attached to an aromatic ring is 1. The quantitative estimate of drug-likeness (QED) is 0.401. The Morgan fingerprint density at radius 2 is 1.57 bits per heavy atom. The van der Waals surface area contributed by atoms with E-state index >= 15 is 0 Å². The molecule has 2 aromatic carbocycles. The van der Waals surface area contributed by atoms with Crippen molar-refractivity contribution in [2.45, 2.75) is 0 Å². The van der Waals surface area contributed by atoms with Crippen LogP contribution in [-0.4, -0.2) is 9.85 Å². The molecule has 0 aromatic heterocycles. The summed E-state index contributed by atoms with van der Waals surface area (Å²) in [6, 6.07) is 10.2. The molecule has 0 spiro atoms. The molecule has 7 heteroatoms. The van der Waals surface area contributed by atoms with E-state index in [0.29, 0.717) is 16.8 Å². The van der Waals surface area contributed by atoms with Crippen LogP contribution < -0.4 is 5.73 Å². The highest BCUT2D eigenvalue weighted by atomic mass is 16.6. The zero-order valence-electron chi connectivity index (χ0n) is 10.8. The number of nitrogens with two attached hydrogens (primary N) is 1. The summed E-state index contributed by atoms with van der Waals surface area (Å²) >= 11 is 0. The van der Waals surface area contributed by atoms with Gasteiger partial charge in [-0.3, -0.25) is 20.2 Å². The maximum absolute atomic E-state index is 10.7. The number of nitro benzene ring substituents is 2. The monoisotopic (exact) mass is 285 g/mol. The van der Waals surface area contributed by atoms with E-state index in [1.807, 2.05) is 0 Å². The number of benzene rings is 2. The molecule has 0 aliphatic carbocycles. The summed E-state index contributed by atoms with van der Waals surface area (Å²) < 4.78 is 0. The Kier molecular flexibility index (Phi) is 3.94. The SMILES string of the molecule is Nc1ccc([N+](=O)[O-])cc1/C=C\c1cccc([N+](=O)[O-])c1. The molecule has 0 radical (unpaired) electrons. The van der Waals surface area contributed by atoms with Gasteiger partial charge in [0.2, 0.25) is 0 Å². The van der Waals surface area contributed by atoms with E-state index in [4.69, 9.17) is 5.73 Å². The number of non-ortho nitro benzene ring substituents is 2. The molecule has 21 heavy (non-hydrogen) atoms. The van der Waals surface area contributed by atoms with Gasteiger partial charge in [0.15, 0.2) is 0 Å². The van der Waals surface area contributed by atoms with Crippen molar-refractivity contribution >= 4 is 29.2 Å². The molecular weight excluding hydrogens is 274 g/mol. The first-order valence-corrected chi connectivity index (χ1v) is 5.94. The third-order valence-corrected chi connectivity index (χ3v) is 2.82. The molecule has 0 saturated carbocycles. The van der Waals surface area contributed by atoms with E-state index < -0.39 is 9.85 Å². The third-order valence-electron chi connectivity index (χ3n) is 2.82. The Hall–Kier alpha value is -3.22. The predicted molar refractivity (Wildman–Crippen MR) is 79.5 cm³/mol. The van der Waals surface area contributed by atoms with Gasteiger partial charge >= 0.3 is 0 Å². The van der Waals surface area contributed by atoms with Crippen molar-refractivity contribution < 1.29 is 9.85 Å². The van der Waals surface area contributed by atoms with Crippen molar-refractivity contribution in [2.24, 2.45) is 0 Å². The van der Waals surface area contributed by atoms with Crippen LogP contribution in [-0.2, 0) is 0 Å². The largest absolute Gasteiger partial charge is 0.398 e. The summed E-state index contributed by atoms with van der Waals surface area (Å²) in [5.41, 5.74) is 7.14. The van der Waals surface area contributed by atoms with Crippen LogP contribution in [0.4, 0.5) is 17.1 Å². The maximum Gasteiger partial charge on any atom is 0.270 e. The van der Waals surface area contributed by atoms with Crippen LogP contribution in [0.2, 0.25) is 0 Å². The molecule has 0 bridgehead atoms. The van der Waals surface area contributed by atoms with Crippen LogP contribution in [0.25, 0.3) is 12.2 Å². The van der Waals surface area contributed by atoms with Gasteiger partial charge in [0.05, 0.1) is 9.85 Å². The van der Waals surface area contributed by atoms with Gasteiger partial charge in [-0.15, -0.1) is 0 Å². The molecule has 0 aliphatic heterocycles. The Labute approximate surface area is 119 Å². The van der Waals surface area contributed by atoms with Crippen LogP contribution in [0.3, 0.4) is 0 Å². The van der Waals surface area contributed by atoms with Crippen molar-refractivity contribution in [3.8, 4) is 0 Å². The van der Waals surface area contributed by atoms with Gasteiger partial charge in [0, 0.05) is 35.5 Å². The lowest BCUT2D eigenvalue weighted by atomic mass is 10.1. The van der Waals surface area contributed by atoms with E-state index in [1.165, 1.54) is 30.3 Å². The molecular formula is C14H11N3O4.